The highest BCUT2D eigenvalue weighted by Crippen LogP contribution is 2.20. The van der Waals surface area contributed by atoms with Gasteiger partial charge in [0.1, 0.15) is 5.82 Å². The van der Waals surface area contributed by atoms with Gasteiger partial charge in [0.15, 0.2) is 5.96 Å². The predicted octanol–water partition coefficient (Wildman–Crippen LogP) is 3.33. The van der Waals surface area contributed by atoms with Gasteiger partial charge in [-0.15, -0.1) is 24.0 Å². The maximum atomic E-state index is 14.4. The van der Waals surface area contributed by atoms with Crippen LogP contribution in [0.4, 0.5) is 10.1 Å². The van der Waals surface area contributed by atoms with E-state index in [1.807, 2.05) is 37.9 Å². The molecule has 1 unspecified atom stereocenters. The van der Waals surface area contributed by atoms with Crippen LogP contribution in [0.1, 0.15) is 25.8 Å². The number of halogens is 2. The van der Waals surface area contributed by atoms with Crippen molar-refractivity contribution in [2.24, 2.45) is 10.9 Å². The number of aliphatic imine (C=N–C) groups is 1. The molecule has 0 aromatic heterocycles. The van der Waals surface area contributed by atoms with Gasteiger partial charge in [0.05, 0.1) is 12.3 Å². The van der Waals surface area contributed by atoms with E-state index in [-0.39, 0.29) is 29.8 Å². The number of nitrogens with zero attached hydrogens (tertiary/aromatic N) is 3. The molecular formula is C19H32FIN4O. The Kier molecular flexibility index (Phi) is 10.2. The molecule has 1 aromatic carbocycles. The van der Waals surface area contributed by atoms with Gasteiger partial charge in [-0.3, -0.25) is 4.99 Å². The van der Waals surface area contributed by atoms with E-state index in [0.29, 0.717) is 18.2 Å². The summed E-state index contributed by atoms with van der Waals surface area (Å²) in [4.78, 5) is 8.46. The van der Waals surface area contributed by atoms with E-state index >= 15 is 0 Å². The van der Waals surface area contributed by atoms with Gasteiger partial charge >= 0.3 is 0 Å². The first-order valence-electron chi connectivity index (χ1n) is 9.11. The van der Waals surface area contributed by atoms with Crippen molar-refractivity contribution in [3.8, 4) is 0 Å². The van der Waals surface area contributed by atoms with Crippen molar-refractivity contribution >= 4 is 35.6 Å². The Hall–Kier alpha value is -1.09. The first kappa shape index (κ1) is 23.0. The second-order valence-electron chi connectivity index (χ2n) is 6.47. The molecule has 0 saturated carbocycles. The standard InChI is InChI=1S/C19H31FN4O.HI/c1-5-24(6-2)18-8-7-15(11-17(18)20)12-22-19(21-3)23(4)13-16-9-10-25-14-16;/h7-8,11,16H,5-6,9-10,12-14H2,1-4H3,(H,21,22);1H. The van der Waals surface area contributed by atoms with Crippen LogP contribution < -0.4 is 10.2 Å². The highest BCUT2D eigenvalue weighted by Gasteiger charge is 2.19. The Balaban J connectivity index is 0.00000338. The summed E-state index contributed by atoms with van der Waals surface area (Å²) in [5.74, 6) is 1.20. The summed E-state index contributed by atoms with van der Waals surface area (Å²) in [5, 5.41) is 3.32. The van der Waals surface area contributed by atoms with Crippen LogP contribution in [0, 0.1) is 11.7 Å². The maximum Gasteiger partial charge on any atom is 0.193 e. The molecular weight excluding hydrogens is 446 g/mol. The van der Waals surface area contributed by atoms with E-state index in [1.54, 1.807) is 13.1 Å². The molecule has 0 radical (unpaired) electrons. The van der Waals surface area contributed by atoms with Crippen LogP contribution in [-0.4, -0.2) is 57.8 Å². The number of nitrogens with one attached hydrogen (secondary N) is 1. The lowest BCUT2D eigenvalue weighted by Crippen LogP contribution is -2.41. The Labute approximate surface area is 174 Å². The van der Waals surface area contributed by atoms with Gasteiger partial charge in [-0.25, -0.2) is 4.39 Å². The summed E-state index contributed by atoms with van der Waals surface area (Å²) in [5.41, 5.74) is 1.57. The number of anilines is 1. The fourth-order valence-electron chi connectivity index (χ4n) is 3.25. The monoisotopic (exact) mass is 478 g/mol. The third kappa shape index (κ3) is 6.26. The van der Waals surface area contributed by atoms with Crippen molar-refractivity contribution in [1.82, 2.24) is 10.2 Å². The van der Waals surface area contributed by atoms with Crippen LogP contribution >= 0.6 is 24.0 Å². The van der Waals surface area contributed by atoms with Crippen LogP contribution in [0.25, 0.3) is 0 Å². The minimum atomic E-state index is -0.172. The maximum absolute atomic E-state index is 14.4. The van der Waals surface area contributed by atoms with Crippen molar-refractivity contribution in [1.29, 1.82) is 0 Å². The minimum absolute atomic E-state index is 0. The first-order valence-corrected chi connectivity index (χ1v) is 9.11. The molecule has 1 heterocycles. The Morgan fingerprint density at radius 3 is 2.62 bits per heavy atom. The summed E-state index contributed by atoms with van der Waals surface area (Å²) < 4.78 is 19.8. The predicted molar refractivity (Wildman–Crippen MR) is 117 cm³/mol. The number of ether oxygens (including phenoxy) is 1. The third-order valence-corrected chi connectivity index (χ3v) is 4.70. The Bertz CT molecular complexity index is 575. The Morgan fingerprint density at radius 2 is 2.08 bits per heavy atom. The van der Waals surface area contributed by atoms with Crippen LogP contribution in [0.2, 0.25) is 0 Å². The first-order chi connectivity index (χ1) is 12.1. The van der Waals surface area contributed by atoms with Gasteiger partial charge in [-0.2, -0.15) is 0 Å². The smallest absolute Gasteiger partial charge is 0.193 e. The van der Waals surface area contributed by atoms with Crippen LogP contribution in [0.5, 0.6) is 0 Å². The summed E-state index contributed by atoms with van der Waals surface area (Å²) in [6.07, 6.45) is 1.10. The van der Waals surface area contributed by atoms with E-state index < -0.39 is 0 Å². The lowest BCUT2D eigenvalue weighted by molar-refractivity contribution is 0.181. The van der Waals surface area contributed by atoms with Gasteiger partial charge in [0, 0.05) is 52.8 Å². The lowest BCUT2D eigenvalue weighted by atomic mass is 10.1. The zero-order valence-electron chi connectivity index (χ0n) is 16.3. The van der Waals surface area contributed by atoms with Crippen LogP contribution in [-0.2, 0) is 11.3 Å². The fraction of sp³-hybridized carbons (Fsp3) is 0.632. The quantitative estimate of drug-likeness (QED) is 0.371. The molecule has 7 heteroatoms. The fourth-order valence-corrected chi connectivity index (χ4v) is 3.25. The second-order valence-corrected chi connectivity index (χ2v) is 6.47. The van der Waals surface area contributed by atoms with Crippen molar-refractivity contribution in [2.75, 3.05) is 51.8 Å². The zero-order chi connectivity index (χ0) is 18.2. The SMILES string of the molecule is CCN(CC)c1ccc(CNC(=NC)N(C)CC2CCOC2)cc1F.I. The molecule has 1 atom stereocenters. The summed E-state index contributed by atoms with van der Waals surface area (Å²) >= 11 is 0. The summed E-state index contributed by atoms with van der Waals surface area (Å²) in [6, 6.07) is 5.45. The molecule has 2 rings (SSSR count). The third-order valence-electron chi connectivity index (χ3n) is 4.70. The largest absolute Gasteiger partial charge is 0.381 e. The van der Waals surface area contributed by atoms with Crippen LogP contribution in [0.15, 0.2) is 23.2 Å². The molecule has 0 spiro atoms. The molecule has 1 fully saturated rings. The normalized spacial score (nSPS) is 17.0. The number of hydrogen-bond acceptors (Lipinski definition) is 3. The molecule has 26 heavy (non-hydrogen) atoms. The molecule has 1 N–H and O–H groups in total. The van der Waals surface area contributed by atoms with E-state index in [0.717, 1.165) is 50.8 Å². The van der Waals surface area contributed by atoms with Crippen molar-refractivity contribution < 1.29 is 9.13 Å². The van der Waals surface area contributed by atoms with E-state index in [2.05, 4.69) is 15.2 Å². The molecule has 0 amide bonds. The van der Waals surface area contributed by atoms with Crippen molar-refractivity contribution in [2.45, 2.75) is 26.8 Å². The number of rotatable bonds is 7. The molecule has 1 aromatic rings. The molecule has 5 nitrogen and oxygen atoms in total. The van der Waals surface area contributed by atoms with E-state index in [1.165, 1.54) is 0 Å². The summed E-state index contributed by atoms with van der Waals surface area (Å²) in [6.45, 7) is 8.80. The van der Waals surface area contributed by atoms with Crippen molar-refractivity contribution in [3.05, 3.63) is 29.6 Å². The number of guanidine groups is 1. The van der Waals surface area contributed by atoms with E-state index in [4.69, 9.17) is 4.74 Å². The topological polar surface area (TPSA) is 40.1 Å². The van der Waals surface area contributed by atoms with Gasteiger partial charge in [-0.05, 0) is 38.0 Å². The average molecular weight is 478 g/mol. The number of benzene rings is 1. The highest BCUT2D eigenvalue weighted by molar-refractivity contribution is 14.0. The van der Waals surface area contributed by atoms with Gasteiger partial charge in [-0.1, -0.05) is 6.07 Å². The molecule has 1 aliphatic rings. The average Bonchev–Trinajstić information content (AvgIpc) is 3.11. The van der Waals surface area contributed by atoms with Gasteiger partial charge in [0.2, 0.25) is 0 Å². The lowest BCUT2D eigenvalue weighted by Gasteiger charge is -2.25. The molecule has 148 valence electrons. The van der Waals surface area contributed by atoms with Crippen molar-refractivity contribution in [3.63, 3.8) is 0 Å². The molecule has 0 bridgehead atoms. The molecule has 1 saturated heterocycles. The molecule has 0 aliphatic carbocycles. The number of hydrogen-bond donors (Lipinski definition) is 1. The minimum Gasteiger partial charge on any atom is -0.381 e. The zero-order valence-corrected chi connectivity index (χ0v) is 18.6. The molecule has 1 aliphatic heterocycles. The highest BCUT2D eigenvalue weighted by atomic mass is 127. The van der Waals surface area contributed by atoms with Crippen LogP contribution in [0.3, 0.4) is 0 Å². The van der Waals surface area contributed by atoms with Gasteiger partial charge in [0.25, 0.3) is 0 Å². The summed E-state index contributed by atoms with van der Waals surface area (Å²) in [7, 11) is 3.80. The van der Waals surface area contributed by atoms with E-state index in [9.17, 15) is 4.39 Å². The Morgan fingerprint density at radius 1 is 1.35 bits per heavy atom. The van der Waals surface area contributed by atoms with Gasteiger partial charge < -0.3 is 19.9 Å². The second kappa shape index (κ2) is 11.6.